The van der Waals surface area contributed by atoms with E-state index in [1.165, 1.54) is 11.8 Å². The van der Waals surface area contributed by atoms with Crippen molar-refractivity contribution in [1.29, 1.82) is 0 Å². The lowest BCUT2D eigenvalue weighted by Crippen LogP contribution is -2.10. The zero-order chi connectivity index (χ0) is 13.7. The third-order valence-electron chi connectivity index (χ3n) is 2.73. The summed E-state index contributed by atoms with van der Waals surface area (Å²) in [7, 11) is 0. The van der Waals surface area contributed by atoms with Gasteiger partial charge in [0.1, 0.15) is 0 Å². The molecule has 0 spiro atoms. The maximum atomic E-state index is 10.6. The maximum Gasteiger partial charge on any atom is 0.313 e. The second-order valence-corrected chi connectivity index (χ2v) is 4.96. The molecular formula is C12H16N4O2S. The largest absolute Gasteiger partial charge is 0.481 e. The molecule has 19 heavy (non-hydrogen) atoms. The summed E-state index contributed by atoms with van der Waals surface area (Å²) >= 11 is 1.26. The minimum atomic E-state index is -0.827. The van der Waals surface area contributed by atoms with Crippen molar-refractivity contribution in [2.24, 2.45) is 0 Å². The van der Waals surface area contributed by atoms with E-state index in [4.69, 9.17) is 5.11 Å². The fourth-order valence-corrected chi connectivity index (χ4v) is 2.53. The van der Waals surface area contributed by atoms with Crippen LogP contribution in [0.5, 0.6) is 0 Å². The fourth-order valence-electron chi connectivity index (χ4n) is 1.79. The highest BCUT2D eigenvalue weighted by Crippen LogP contribution is 2.19. The number of aliphatic carboxylic acids is 1. The number of rotatable bonds is 7. The molecule has 102 valence electrons. The van der Waals surface area contributed by atoms with Gasteiger partial charge in [0.15, 0.2) is 5.16 Å². The van der Waals surface area contributed by atoms with Gasteiger partial charge in [0.05, 0.1) is 12.1 Å². The molecule has 1 N–H and O–H groups in total. The van der Waals surface area contributed by atoms with Crippen molar-refractivity contribution in [2.45, 2.75) is 31.6 Å². The normalized spacial score (nSPS) is 10.8. The maximum absolute atomic E-state index is 10.6. The Morgan fingerprint density at radius 3 is 2.95 bits per heavy atom. The van der Waals surface area contributed by atoms with Gasteiger partial charge in [0.25, 0.3) is 0 Å². The summed E-state index contributed by atoms with van der Waals surface area (Å²) < 4.78 is 4.07. The number of hydrogen-bond donors (Lipinski definition) is 1. The van der Waals surface area contributed by atoms with Crippen LogP contribution in [-0.2, 0) is 24.3 Å². The van der Waals surface area contributed by atoms with Gasteiger partial charge in [0, 0.05) is 37.4 Å². The highest BCUT2D eigenvalue weighted by Gasteiger charge is 2.10. The lowest BCUT2D eigenvalue weighted by molar-refractivity contribution is -0.133. The van der Waals surface area contributed by atoms with E-state index in [1.807, 2.05) is 17.0 Å². The molecule has 6 nitrogen and oxygen atoms in total. The third-order valence-corrected chi connectivity index (χ3v) is 3.70. The van der Waals surface area contributed by atoms with Crippen LogP contribution in [0.2, 0.25) is 0 Å². The van der Waals surface area contributed by atoms with E-state index in [9.17, 15) is 4.79 Å². The Balaban J connectivity index is 2.07. The van der Waals surface area contributed by atoms with E-state index in [0.717, 1.165) is 30.4 Å². The first-order valence-electron chi connectivity index (χ1n) is 6.05. The Kier molecular flexibility index (Phi) is 4.62. The highest BCUT2D eigenvalue weighted by molar-refractivity contribution is 7.99. The van der Waals surface area contributed by atoms with Crippen LogP contribution in [0.25, 0.3) is 0 Å². The van der Waals surface area contributed by atoms with Crippen LogP contribution in [0.1, 0.15) is 12.6 Å². The number of nitrogens with zero attached hydrogens (tertiary/aromatic N) is 4. The number of carboxylic acid groups (broad SMARTS) is 1. The van der Waals surface area contributed by atoms with Crippen LogP contribution in [0.4, 0.5) is 0 Å². The topological polar surface area (TPSA) is 72.9 Å². The molecule has 0 amide bonds. The van der Waals surface area contributed by atoms with Gasteiger partial charge in [-0.05, 0) is 6.42 Å². The average molecular weight is 280 g/mol. The first-order valence-corrected chi connectivity index (χ1v) is 7.04. The lowest BCUT2D eigenvalue weighted by atomic mass is 10.3. The van der Waals surface area contributed by atoms with E-state index in [1.54, 1.807) is 12.5 Å². The Labute approximate surface area is 115 Å². The van der Waals surface area contributed by atoms with E-state index in [0.29, 0.717) is 0 Å². The predicted octanol–water partition coefficient (Wildman–Crippen LogP) is 1.52. The number of hydrogen-bond acceptors (Lipinski definition) is 4. The van der Waals surface area contributed by atoms with Crippen LogP contribution in [0, 0.1) is 0 Å². The van der Waals surface area contributed by atoms with E-state index < -0.39 is 5.97 Å². The zero-order valence-corrected chi connectivity index (χ0v) is 11.5. The van der Waals surface area contributed by atoms with Gasteiger partial charge in [-0.1, -0.05) is 18.7 Å². The van der Waals surface area contributed by atoms with Crippen LogP contribution < -0.4 is 0 Å². The van der Waals surface area contributed by atoms with Crippen LogP contribution in [0.15, 0.2) is 30.1 Å². The van der Waals surface area contributed by atoms with Gasteiger partial charge in [-0.3, -0.25) is 4.79 Å². The van der Waals surface area contributed by atoms with Crippen LogP contribution in [0.3, 0.4) is 0 Å². The third kappa shape index (κ3) is 3.60. The minimum Gasteiger partial charge on any atom is -0.481 e. The summed E-state index contributed by atoms with van der Waals surface area (Å²) in [6.07, 6.45) is 8.12. The molecule has 0 bridgehead atoms. The van der Waals surface area contributed by atoms with Crippen molar-refractivity contribution < 1.29 is 9.90 Å². The highest BCUT2D eigenvalue weighted by atomic mass is 32.2. The Morgan fingerprint density at radius 2 is 2.32 bits per heavy atom. The molecule has 0 aliphatic carbocycles. The number of thioether (sulfide) groups is 1. The molecule has 0 saturated heterocycles. The van der Waals surface area contributed by atoms with Crippen molar-refractivity contribution in [3.05, 3.63) is 30.6 Å². The molecular weight excluding hydrogens is 264 g/mol. The predicted molar refractivity (Wildman–Crippen MR) is 72.2 cm³/mol. The first-order chi connectivity index (χ1) is 9.20. The average Bonchev–Trinajstić information content (AvgIpc) is 3.02. The molecule has 2 heterocycles. The number of aromatic nitrogens is 4. The molecule has 0 aromatic carbocycles. The quantitative estimate of drug-likeness (QED) is 0.778. The Morgan fingerprint density at radius 1 is 1.47 bits per heavy atom. The number of carboxylic acids is 1. The fraction of sp³-hybridized carbons (Fsp3) is 0.417. The van der Waals surface area contributed by atoms with Crippen molar-refractivity contribution in [1.82, 2.24) is 19.1 Å². The van der Waals surface area contributed by atoms with Crippen molar-refractivity contribution >= 4 is 17.7 Å². The molecule has 0 aliphatic heterocycles. The molecule has 2 rings (SSSR count). The Hall–Kier alpha value is -1.76. The summed E-state index contributed by atoms with van der Waals surface area (Å²) in [6.45, 7) is 3.63. The summed E-state index contributed by atoms with van der Waals surface area (Å²) in [4.78, 5) is 18.9. The monoisotopic (exact) mass is 280 g/mol. The van der Waals surface area contributed by atoms with Gasteiger partial charge in [0.2, 0.25) is 0 Å². The van der Waals surface area contributed by atoms with Gasteiger partial charge >= 0.3 is 5.97 Å². The Bertz CT molecular complexity index is 536. The number of carbonyl (C=O) groups is 1. The molecule has 0 fully saturated rings. The summed E-state index contributed by atoms with van der Waals surface area (Å²) in [5, 5.41) is 9.50. The van der Waals surface area contributed by atoms with E-state index in [2.05, 4.69) is 21.5 Å². The molecule has 0 atom stereocenters. The second kappa shape index (κ2) is 6.42. The van der Waals surface area contributed by atoms with Crippen molar-refractivity contribution in [3.8, 4) is 0 Å². The summed E-state index contributed by atoms with van der Waals surface area (Å²) in [5.74, 6) is -0.794. The molecule has 0 saturated carbocycles. The van der Waals surface area contributed by atoms with Crippen molar-refractivity contribution in [3.63, 3.8) is 0 Å². The molecule has 7 heteroatoms. The van der Waals surface area contributed by atoms with Gasteiger partial charge in [-0.15, -0.1) is 0 Å². The molecule has 0 radical (unpaired) electrons. The molecule has 2 aromatic heterocycles. The van der Waals surface area contributed by atoms with Crippen LogP contribution in [-0.4, -0.2) is 35.9 Å². The first kappa shape index (κ1) is 13.7. The van der Waals surface area contributed by atoms with Crippen molar-refractivity contribution in [2.75, 3.05) is 5.75 Å². The second-order valence-electron chi connectivity index (χ2n) is 4.02. The van der Waals surface area contributed by atoms with Crippen LogP contribution >= 0.6 is 11.8 Å². The molecule has 0 unspecified atom stereocenters. The standard InChI is InChI=1S/C12H16N4O2S/c1-2-10-7-14-12(19-8-11(17)18)16(10)6-5-15-4-3-13-9-15/h3-4,7,9H,2,5-6,8H2,1H3,(H,17,18). The number of aryl methyl sites for hydroxylation is 2. The minimum absolute atomic E-state index is 0.0330. The molecule has 0 aliphatic rings. The van der Waals surface area contributed by atoms with Gasteiger partial charge < -0.3 is 14.2 Å². The van der Waals surface area contributed by atoms with Gasteiger partial charge in [-0.2, -0.15) is 0 Å². The summed E-state index contributed by atoms with van der Waals surface area (Å²) in [6, 6.07) is 0. The molecule has 2 aromatic rings. The van der Waals surface area contributed by atoms with E-state index >= 15 is 0 Å². The smallest absolute Gasteiger partial charge is 0.313 e. The number of imidazole rings is 2. The van der Waals surface area contributed by atoms with E-state index in [-0.39, 0.29) is 5.75 Å². The van der Waals surface area contributed by atoms with Gasteiger partial charge in [-0.25, -0.2) is 9.97 Å². The zero-order valence-electron chi connectivity index (χ0n) is 10.7. The SMILES string of the molecule is CCc1cnc(SCC(=O)O)n1CCn1ccnc1. The summed E-state index contributed by atoms with van der Waals surface area (Å²) in [5.41, 5.74) is 1.12. The lowest BCUT2D eigenvalue weighted by Gasteiger charge is -2.10.